The summed E-state index contributed by atoms with van der Waals surface area (Å²) in [6.45, 7) is 8.38. The monoisotopic (exact) mass is 392 g/mol. The molecule has 0 unspecified atom stereocenters. The molecule has 0 bridgehead atoms. The quantitative estimate of drug-likeness (QED) is 0.735. The van der Waals surface area contributed by atoms with Gasteiger partial charge in [-0.25, -0.2) is 9.78 Å². The number of aromatic nitrogens is 3. The fourth-order valence-electron chi connectivity index (χ4n) is 3.49. The van der Waals surface area contributed by atoms with Gasteiger partial charge >= 0.3 is 6.03 Å². The molecule has 1 fully saturated rings. The number of anilines is 2. The van der Waals surface area contributed by atoms with Crippen molar-refractivity contribution in [1.82, 2.24) is 20.1 Å². The first-order chi connectivity index (χ1) is 14.0. The Hall–Kier alpha value is -3.42. The Bertz CT molecular complexity index is 1020. The first-order valence-electron chi connectivity index (χ1n) is 9.65. The highest BCUT2D eigenvalue weighted by Gasteiger charge is 2.25. The maximum absolute atomic E-state index is 12.7. The topological polar surface area (TPSA) is 87.4 Å². The van der Waals surface area contributed by atoms with Crippen LogP contribution in [0.2, 0.25) is 0 Å². The number of hydrogen-bond acceptors (Lipinski definition) is 6. The summed E-state index contributed by atoms with van der Waals surface area (Å²) < 4.78 is 5.58. The van der Waals surface area contributed by atoms with Gasteiger partial charge in [-0.05, 0) is 37.6 Å². The van der Waals surface area contributed by atoms with E-state index in [0.29, 0.717) is 38.0 Å². The molecule has 1 saturated heterocycles. The molecule has 2 aromatic heterocycles. The lowest BCUT2D eigenvalue weighted by Crippen LogP contribution is -2.50. The summed E-state index contributed by atoms with van der Waals surface area (Å²) in [7, 11) is 0. The summed E-state index contributed by atoms with van der Waals surface area (Å²) in [4.78, 5) is 21.2. The molecule has 2 amide bonds. The van der Waals surface area contributed by atoms with E-state index in [9.17, 15) is 4.79 Å². The second-order valence-electron chi connectivity index (χ2n) is 7.22. The SMILES string of the molecule is Cc1ccc(NC(=O)N2CCN(c3ncccc3-c3nnc(C)o3)CC2)c(C)c1. The summed E-state index contributed by atoms with van der Waals surface area (Å²) in [5.41, 5.74) is 3.89. The molecule has 0 saturated carbocycles. The minimum absolute atomic E-state index is 0.0784. The number of amides is 2. The maximum Gasteiger partial charge on any atom is 0.321 e. The molecule has 1 N–H and O–H groups in total. The number of rotatable bonds is 3. The van der Waals surface area contributed by atoms with Gasteiger partial charge in [0.1, 0.15) is 5.82 Å². The zero-order valence-electron chi connectivity index (χ0n) is 16.8. The second-order valence-corrected chi connectivity index (χ2v) is 7.22. The van der Waals surface area contributed by atoms with Gasteiger partial charge < -0.3 is 19.5 Å². The molecular weight excluding hydrogens is 368 g/mol. The van der Waals surface area contributed by atoms with Gasteiger partial charge in [-0.15, -0.1) is 10.2 Å². The number of nitrogens with one attached hydrogen (secondary N) is 1. The van der Waals surface area contributed by atoms with Gasteiger partial charge in [0.25, 0.3) is 5.89 Å². The number of aryl methyl sites for hydroxylation is 3. The van der Waals surface area contributed by atoms with Crippen LogP contribution in [0.4, 0.5) is 16.3 Å². The van der Waals surface area contributed by atoms with Crippen LogP contribution in [0.5, 0.6) is 0 Å². The van der Waals surface area contributed by atoms with Gasteiger partial charge in [0.15, 0.2) is 0 Å². The van der Waals surface area contributed by atoms with Crippen molar-refractivity contribution in [3.8, 4) is 11.5 Å². The second kappa shape index (κ2) is 7.90. The van der Waals surface area contributed by atoms with E-state index in [1.807, 2.05) is 43.0 Å². The van der Waals surface area contributed by atoms with Crippen LogP contribution >= 0.6 is 0 Å². The number of nitrogens with zero attached hydrogens (tertiary/aromatic N) is 5. The van der Waals surface area contributed by atoms with E-state index >= 15 is 0 Å². The molecule has 150 valence electrons. The van der Waals surface area contributed by atoms with E-state index in [1.54, 1.807) is 13.1 Å². The Morgan fingerprint density at radius 1 is 1.07 bits per heavy atom. The number of piperazine rings is 1. The molecule has 3 heterocycles. The highest BCUT2D eigenvalue weighted by atomic mass is 16.4. The highest BCUT2D eigenvalue weighted by molar-refractivity contribution is 5.90. The Kier molecular flexibility index (Phi) is 5.16. The smallest absolute Gasteiger partial charge is 0.321 e. The molecule has 0 radical (unpaired) electrons. The van der Waals surface area contributed by atoms with Crippen LogP contribution in [0.15, 0.2) is 40.9 Å². The lowest BCUT2D eigenvalue weighted by atomic mass is 10.1. The molecule has 0 spiro atoms. The van der Waals surface area contributed by atoms with Crippen molar-refractivity contribution in [2.75, 3.05) is 36.4 Å². The van der Waals surface area contributed by atoms with E-state index in [-0.39, 0.29) is 6.03 Å². The normalized spacial score (nSPS) is 14.2. The van der Waals surface area contributed by atoms with Crippen molar-refractivity contribution in [3.63, 3.8) is 0 Å². The number of urea groups is 1. The maximum atomic E-state index is 12.7. The number of pyridine rings is 1. The van der Waals surface area contributed by atoms with Crippen LogP contribution in [0.1, 0.15) is 17.0 Å². The minimum atomic E-state index is -0.0784. The molecule has 0 aliphatic carbocycles. The lowest BCUT2D eigenvalue weighted by molar-refractivity contribution is 0.208. The van der Waals surface area contributed by atoms with Gasteiger partial charge in [-0.1, -0.05) is 17.7 Å². The zero-order valence-corrected chi connectivity index (χ0v) is 16.8. The molecular formula is C21H24N6O2. The molecule has 3 aromatic rings. The summed E-state index contributed by atoms with van der Waals surface area (Å²) >= 11 is 0. The Balaban J connectivity index is 1.43. The summed E-state index contributed by atoms with van der Waals surface area (Å²) in [5.74, 6) is 1.77. The molecule has 8 nitrogen and oxygen atoms in total. The van der Waals surface area contributed by atoms with E-state index in [0.717, 1.165) is 22.6 Å². The van der Waals surface area contributed by atoms with Gasteiger partial charge in [0.05, 0.1) is 5.56 Å². The van der Waals surface area contributed by atoms with E-state index in [4.69, 9.17) is 4.42 Å². The lowest BCUT2D eigenvalue weighted by Gasteiger charge is -2.36. The van der Waals surface area contributed by atoms with Gasteiger partial charge in [-0.2, -0.15) is 0 Å². The zero-order chi connectivity index (χ0) is 20.4. The predicted molar refractivity (Wildman–Crippen MR) is 111 cm³/mol. The van der Waals surface area contributed by atoms with Gasteiger partial charge in [-0.3, -0.25) is 0 Å². The van der Waals surface area contributed by atoms with Crippen molar-refractivity contribution in [3.05, 3.63) is 53.5 Å². The fourth-order valence-corrected chi connectivity index (χ4v) is 3.49. The summed E-state index contributed by atoms with van der Waals surface area (Å²) in [6.07, 6.45) is 1.75. The standard InChI is InChI=1S/C21H24N6O2/c1-14-6-7-18(15(2)13-14)23-21(28)27-11-9-26(10-12-27)19-17(5-4-8-22-19)20-25-24-16(3)29-20/h4-8,13H,9-12H2,1-3H3,(H,23,28). The first-order valence-corrected chi connectivity index (χ1v) is 9.65. The van der Waals surface area contributed by atoms with Crippen LogP contribution in [0.25, 0.3) is 11.5 Å². The largest absolute Gasteiger partial charge is 0.421 e. The van der Waals surface area contributed by atoms with Crippen molar-refractivity contribution in [2.24, 2.45) is 0 Å². The molecule has 1 aromatic carbocycles. The van der Waals surface area contributed by atoms with Crippen LogP contribution in [-0.2, 0) is 0 Å². The van der Waals surface area contributed by atoms with E-state index in [2.05, 4.69) is 31.5 Å². The number of benzene rings is 1. The molecule has 1 aliphatic rings. The van der Waals surface area contributed by atoms with Crippen LogP contribution in [0.3, 0.4) is 0 Å². The third-order valence-corrected chi connectivity index (χ3v) is 5.03. The van der Waals surface area contributed by atoms with Crippen LogP contribution < -0.4 is 10.2 Å². The van der Waals surface area contributed by atoms with Crippen LogP contribution in [-0.4, -0.2) is 52.3 Å². The number of carbonyl (C=O) groups excluding carboxylic acids is 1. The average Bonchev–Trinajstić information content (AvgIpc) is 3.16. The molecule has 8 heteroatoms. The van der Waals surface area contributed by atoms with Crippen molar-refractivity contribution >= 4 is 17.5 Å². The summed E-state index contributed by atoms with van der Waals surface area (Å²) in [6, 6.07) is 9.72. The van der Waals surface area contributed by atoms with Gasteiger partial charge in [0.2, 0.25) is 5.89 Å². The van der Waals surface area contributed by atoms with Crippen molar-refractivity contribution in [1.29, 1.82) is 0 Å². The van der Waals surface area contributed by atoms with Crippen molar-refractivity contribution in [2.45, 2.75) is 20.8 Å². The Morgan fingerprint density at radius 3 is 2.55 bits per heavy atom. The fraction of sp³-hybridized carbons (Fsp3) is 0.333. The third kappa shape index (κ3) is 4.06. The van der Waals surface area contributed by atoms with E-state index < -0.39 is 0 Å². The van der Waals surface area contributed by atoms with Gasteiger partial charge in [0, 0.05) is 45.0 Å². The van der Waals surface area contributed by atoms with E-state index in [1.165, 1.54) is 5.56 Å². The number of hydrogen-bond donors (Lipinski definition) is 1. The average molecular weight is 392 g/mol. The summed E-state index contributed by atoms with van der Waals surface area (Å²) in [5, 5.41) is 11.1. The first kappa shape index (κ1) is 18.9. The molecule has 4 rings (SSSR count). The number of carbonyl (C=O) groups is 1. The Labute approximate surface area is 169 Å². The minimum Gasteiger partial charge on any atom is -0.421 e. The molecule has 29 heavy (non-hydrogen) atoms. The molecule has 0 atom stereocenters. The van der Waals surface area contributed by atoms with Crippen LogP contribution in [0, 0.1) is 20.8 Å². The highest BCUT2D eigenvalue weighted by Crippen LogP contribution is 2.28. The predicted octanol–water partition coefficient (Wildman–Crippen LogP) is 3.41. The third-order valence-electron chi connectivity index (χ3n) is 5.03. The Morgan fingerprint density at radius 2 is 1.86 bits per heavy atom. The molecule has 1 aliphatic heterocycles. The van der Waals surface area contributed by atoms with Crippen molar-refractivity contribution < 1.29 is 9.21 Å².